The first kappa shape index (κ1) is 21.3. The lowest BCUT2D eigenvalue weighted by molar-refractivity contribution is -0.118. The quantitative estimate of drug-likeness (QED) is 0.742. The lowest BCUT2D eigenvalue weighted by atomic mass is 9.65. The minimum atomic E-state index is -3.23. The molecule has 1 aromatic rings. The minimum absolute atomic E-state index is 0.0309. The van der Waals surface area contributed by atoms with E-state index in [0.29, 0.717) is 31.6 Å². The van der Waals surface area contributed by atoms with Gasteiger partial charge in [0.15, 0.2) is 15.6 Å². The Balaban J connectivity index is 2.22. The van der Waals surface area contributed by atoms with Crippen LogP contribution < -0.4 is 0 Å². The van der Waals surface area contributed by atoms with E-state index < -0.39 is 9.84 Å². The number of carbonyl (C=O) groups is 1. The van der Waals surface area contributed by atoms with E-state index in [1.807, 2.05) is 0 Å². The van der Waals surface area contributed by atoms with Crippen molar-refractivity contribution in [2.24, 2.45) is 5.41 Å². The first-order chi connectivity index (χ1) is 13.2. The Bertz CT molecular complexity index is 878. The second-order valence-electron chi connectivity index (χ2n) is 8.60. The summed E-state index contributed by atoms with van der Waals surface area (Å²) < 4.78 is 30.0. The van der Waals surface area contributed by atoms with E-state index >= 15 is 0 Å². The van der Waals surface area contributed by atoms with Gasteiger partial charge in [0.1, 0.15) is 0 Å². The SMILES string of the molecule is CCc1cc(C)cc(CC)c1C1=C(CS(C)(=O)=O)CC2(CCOCC2)CC1=O. The van der Waals surface area contributed by atoms with Crippen LogP contribution in [0.1, 0.15) is 61.8 Å². The number of Topliss-reactive ketones (excluding diaryl/α,β-unsaturated/α-hetero) is 1. The summed E-state index contributed by atoms with van der Waals surface area (Å²) in [4.78, 5) is 13.5. The molecule has 5 heteroatoms. The van der Waals surface area contributed by atoms with E-state index in [1.54, 1.807) is 0 Å². The smallest absolute Gasteiger partial charge is 0.164 e. The summed E-state index contributed by atoms with van der Waals surface area (Å²) in [5.74, 6) is 0.0803. The molecule has 1 heterocycles. The number of hydrogen-bond acceptors (Lipinski definition) is 4. The zero-order chi connectivity index (χ0) is 20.5. The maximum atomic E-state index is 13.5. The normalized spacial score (nSPS) is 20.1. The number of aryl methyl sites for hydroxylation is 3. The fourth-order valence-electron chi connectivity index (χ4n) is 4.96. The third-order valence-corrected chi connectivity index (χ3v) is 7.08. The third-order valence-electron chi connectivity index (χ3n) is 6.20. The van der Waals surface area contributed by atoms with E-state index in [2.05, 4.69) is 32.9 Å². The lowest BCUT2D eigenvalue weighted by Gasteiger charge is -2.41. The minimum Gasteiger partial charge on any atom is -0.381 e. The number of sulfone groups is 1. The lowest BCUT2D eigenvalue weighted by Crippen LogP contribution is -2.37. The van der Waals surface area contributed by atoms with Gasteiger partial charge in [0, 0.05) is 31.5 Å². The van der Waals surface area contributed by atoms with Crippen LogP contribution in [-0.4, -0.2) is 39.4 Å². The van der Waals surface area contributed by atoms with Gasteiger partial charge in [-0.05, 0) is 66.7 Å². The Morgan fingerprint density at radius 2 is 1.61 bits per heavy atom. The molecule has 1 aliphatic heterocycles. The summed E-state index contributed by atoms with van der Waals surface area (Å²) in [5, 5.41) is 0. The van der Waals surface area contributed by atoms with Crippen molar-refractivity contribution in [1.29, 1.82) is 0 Å². The van der Waals surface area contributed by atoms with Crippen LogP contribution in [0.25, 0.3) is 5.57 Å². The van der Waals surface area contributed by atoms with Crippen molar-refractivity contribution in [1.82, 2.24) is 0 Å². The Kier molecular flexibility index (Phi) is 6.16. The molecule has 1 fully saturated rings. The second kappa shape index (κ2) is 8.11. The molecular formula is C23H32O4S. The molecule has 154 valence electrons. The van der Waals surface area contributed by atoms with Gasteiger partial charge in [-0.1, -0.05) is 31.5 Å². The Labute approximate surface area is 169 Å². The predicted octanol–water partition coefficient (Wildman–Crippen LogP) is 4.08. The molecule has 0 aromatic heterocycles. The summed E-state index contributed by atoms with van der Waals surface area (Å²) in [6, 6.07) is 4.29. The van der Waals surface area contributed by atoms with Crippen LogP contribution >= 0.6 is 0 Å². The van der Waals surface area contributed by atoms with E-state index in [0.717, 1.165) is 47.9 Å². The van der Waals surface area contributed by atoms with Crippen LogP contribution in [-0.2, 0) is 32.2 Å². The number of rotatable bonds is 5. The maximum absolute atomic E-state index is 13.5. The molecule has 0 radical (unpaired) electrons. The first-order valence-corrected chi connectivity index (χ1v) is 12.4. The number of carbonyl (C=O) groups excluding carboxylic acids is 1. The summed E-state index contributed by atoms with van der Waals surface area (Å²) >= 11 is 0. The summed E-state index contributed by atoms with van der Waals surface area (Å²) in [5.41, 5.74) is 5.85. The highest BCUT2D eigenvalue weighted by molar-refractivity contribution is 7.90. The van der Waals surface area contributed by atoms with Crippen LogP contribution in [0.2, 0.25) is 0 Å². The van der Waals surface area contributed by atoms with E-state index in [1.165, 1.54) is 11.8 Å². The number of ketones is 1. The molecule has 1 aromatic carbocycles. The van der Waals surface area contributed by atoms with Gasteiger partial charge in [-0.15, -0.1) is 0 Å². The molecule has 0 saturated carbocycles. The highest BCUT2D eigenvalue weighted by Gasteiger charge is 2.42. The fraction of sp³-hybridized carbons (Fsp3) is 0.609. The average molecular weight is 405 g/mol. The van der Waals surface area contributed by atoms with Crippen LogP contribution in [0.4, 0.5) is 0 Å². The summed E-state index contributed by atoms with van der Waals surface area (Å²) in [6.45, 7) is 7.58. The van der Waals surface area contributed by atoms with Crippen LogP contribution in [0.3, 0.4) is 0 Å². The zero-order valence-electron chi connectivity index (χ0n) is 17.6. The topological polar surface area (TPSA) is 60.4 Å². The van der Waals surface area contributed by atoms with Crippen molar-refractivity contribution >= 4 is 21.2 Å². The highest BCUT2D eigenvalue weighted by Crippen LogP contribution is 2.48. The number of ether oxygens (including phenoxy) is 1. The first-order valence-electron chi connectivity index (χ1n) is 10.3. The number of benzene rings is 1. The standard InChI is InChI=1S/C23H32O4S/c1-5-17-11-16(3)12-18(6-2)21(17)22-19(15-28(4,25)26)13-23(14-20(22)24)7-9-27-10-8-23/h11-12H,5-10,13-15H2,1-4H3. The molecule has 0 bridgehead atoms. The molecular weight excluding hydrogens is 372 g/mol. The Morgan fingerprint density at radius 3 is 2.11 bits per heavy atom. The van der Waals surface area contributed by atoms with Gasteiger partial charge in [-0.25, -0.2) is 8.42 Å². The highest BCUT2D eigenvalue weighted by atomic mass is 32.2. The molecule has 3 rings (SSSR count). The molecule has 0 amide bonds. The summed E-state index contributed by atoms with van der Waals surface area (Å²) in [6.07, 6.45) is 5.76. The molecule has 1 aliphatic carbocycles. The van der Waals surface area contributed by atoms with Gasteiger partial charge < -0.3 is 4.74 Å². The van der Waals surface area contributed by atoms with Gasteiger partial charge in [0.25, 0.3) is 0 Å². The van der Waals surface area contributed by atoms with Crippen molar-refractivity contribution in [3.05, 3.63) is 40.0 Å². The molecule has 0 unspecified atom stereocenters. The number of hydrogen-bond donors (Lipinski definition) is 0. The van der Waals surface area contributed by atoms with Gasteiger partial charge in [0.05, 0.1) is 5.75 Å². The van der Waals surface area contributed by atoms with Gasteiger partial charge in [-0.3, -0.25) is 4.79 Å². The Hall–Kier alpha value is -1.46. The Morgan fingerprint density at radius 1 is 1.04 bits per heavy atom. The zero-order valence-corrected chi connectivity index (χ0v) is 18.4. The van der Waals surface area contributed by atoms with Crippen LogP contribution in [0.15, 0.2) is 17.7 Å². The molecule has 1 saturated heterocycles. The molecule has 0 N–H and O–H groups in total. The van der Waals surface area contributed by atoms with Gasteiger partial charge >= 0.3 is 0 Å². The molecule has 4 nitrogen and oxygen atoms in total. The number of allylic oxidation sites excluding steroid dienone is 1. The maximum Gasteiger partial charge on any atom is 0.164 e. The summed E-state index contributed by atoms with van der Waals surface area (Å²) in [7, 11) is -3.23. The van der Waals surface area contributed by atoms with Crippen molar-refractivity contribution < 1.29 is 17.9 Å². The largest absolute Gasteiger partial charge is 0.381 e. The van der Waals surface area contributed by atoms with Gasteiger partial charge in [-0.2, -0.15) is 0 Å². The van der Waals surface area contributed by atoms with Crippen molar-refractivity contribution in [2.75, 3.05) is 25.2 Å². The van der Waals surface area contributed by atoms with Crippen LogP contribution in [0.5, 0.6) is 0 Å². The van der Waals surface area contributed by atoms with Crippen molar-refractivity contribution in [3.8, 4) is 0 Å². The van der Waals surface area contributed by atoms with Crippen molar-refractivity contribution in [3.63, 3.8) is 0 Å². The van der Waals surface area contributed by atoms with E-state index in [-0.39, 0.29) is 17.0 Å². The fourth-order valence-corrected chi connectivity index (χ4v) is 5.84. The van der Waals surface area contributed by atoms with Gasteiger partial charge in [0.2, 0.25) is 0 Å². The molecule has 2 aliphatic rings. The molecule has 1 spiro atoms. The second-order valence-corrected chi connectivity index (χ2v) is 10.7. The monoisotopic (exact) mass is 404 g/mol. The third kappa shape index (κ3) is 4.41. The average Bonchev–Trinajstić information content (AvgIpc) is 2.61. The van der Waals surface area contributed by atoms with Crippen molar-refractivity contribution in [2.45, 2.75) is 59.3 Å². The van der Waals surface area contributed by atoms with Crippen LogP contribution in [0, 0.1) is 12.3 Å². The molecule has 0 atom stereocenters. The van der Waals surface area contributed by atoms with E-state index in [4.69, 9.17) is 4.74 Å². The van der Waals surface area contributed by atoms with E-state index in [9.17, 15) is 13.2 Å². The predicted molar refractivity (Wildman–Crippen MR) is 113 cm³/mol. The molecule has 28 heavy (non-hydrogen) atoms.